The summed E-state index contributed by atoms with van der Waals surface area (Å²) in [5.41, 5.74) is -0.420. The smallest absolute Gasteiger partial charge is 0.209 e. The lowest BCUT2D eigenvalue weighted by Crippen LogP contribution is -2.52. The van der Waals surface area contributed by atoms with Crippen LogP contribution in [0.15, 0.2) is 0 Å². The summed E-state index contributed by atoms with van der Waals surface area (Å²) in [5.74, 6) is 0.843. The first kappa shape index (κ1) is 14.9. The number of sulfonamides is 1. The molecule has 0 aromatic carbocycles. The van der Waals surface area contributed by atoms with E-state index in [1.165, 1.54) is 31.9 Å². The average Bonchev–Trinajstić information content (AvgIpc) is 2.13. The lowest BCUT2D eigenvalue weighted by molar-refractivity contribution is 0.287. The molecule has 0 amide bonds. The predicted octanol–water partition coefficient (Wildman–Crippen LogP) is 1.48. The monoisotopic (exact) mass is 262 g/mol. The molecule has 0 unspecified atom stereocenters. The maximum atomic E-state index is 11.2. The Morgan fingerprint density at radius 2 is 1.71 bits per heavy atom. The molecule has 1 saturated carbocycles. The van der Waals surface area contributed by atoms with Gasteiger partial charge >= 0.3 is 0 Å². The third kappa shape index (κ3) is 6.38. The summed E-state index contributed by atoms with van der Waals surface area (Å²) in [7, 11) is -3.13. The van der Waals surface area contributed by atoms with Gasteiger partial charge in [-0.2, -0.15) is 0 Å². The topological polar surface area (TPSA) is 58.2 Å². The highest BCUT2D eigenvalue weighted by atomic mass is 32.2. The summed E-state index contributed by atoms with van der Waals surface area (Å²) < 4.78 is 25.1. The maximum absolute atomic E-state index is 11.2. The average molecular weight is 262 g/mol. The van der Waals surface area contributed by atoms with E-state index >= 15 is 0 Å². The fraction of sp³-hybridized carbons (Fsp3) is 1.00. The van der Waals surface area contributed by atoms with Crippen LogP contribution < -0.4 is 10.0 Å². The van der Waals surface area contributed by atoms with Crippen LogP contribution in [-0.2, 0) is 10.0 Å². The van der Waals surface area contributed by atoms with Crippen molar-refractivity contribution in [3.05, 3.63) is 0 Å². The number of nitrogens with one attached hydrogen (secondary N) is 2. The number of hydrogen-bond acceptors (Lipinski definition) is 3. The van der Waals surface area contributed by atoms with Crippen LogP contribution in [0.2, 0.25) is 0 Å². The van der Waals surface area contributed by atoms with Crippen LogP contribution in [0.1, 0.15) is 46.5 Å². The van der Waals surface area contributed by atoms with Crippen molar-refractivity contribution < 1.29 is 8.42 Å². The zero-order chi connectivity index (χ0) is 13.1. The van der Waals surface area contributed by atoms with Gasteiger partial charge in [0.05, 0.1) is 6.26 Å². The molecule has 102 valence electrons. The standard InChI is InChI=1S/C12H26N2O2S/c1-10-5-7-11(8-6-10)13-9-12(2,3)14-17(4,15)16/h10-11,13-14H,5-9H2,1-4H3. The molecule has 0 saturated heterocycles. The second kappa shape index (κ2) is 5.67. The van der Waals surface area contributed by atoms with E-state index in [0.29, 0.717) is 12.6 Å². The van der Waals surface area contributed by atoms with E-state index in [1.807, 2.05) is 13.8 Å². The van der Waals surface area contributed by atoms with Crippen molar-refractivity contribution in [2.45, 2.75) is 58.0 Å². The molecule has 0 bridgehead atoms. The molecule has 1 aliphatic carbocycles. The SMILES string of the molecule is CC1CCC(NCC(C)(C)NS(C)(=O)=O)CC1. The summed E-state index contributed by atoms with van der Waals surface area (Å²) in [6, 6.07) is 0.548. The Labute approximate surface area is 106 Å². The third-order valence-corrected chi connectivity index (χ3v) is 4.23. The lowest BCUT2D eigenvalue weighted by Gasteiger charge is -2.31. The summed E-state index contributed by atoms with van der Waals surface area (Å²) in [4.78, 5) is 0. The normalized spacial score (nSPS) is 27.1. The van der Waals surface area contributed by atoms with Gasteiger partial charge in [0.15, 0.2) is 0 Å². The highest BCUT2D eigenvalue weighted by Gasteiger charge is 2.24. The summed E-state index contributed by atoms with van der Waals surface area (Å²) in [6.45, 7) is 6.80. The molecule has 2 N–H and O–H groups in total. The maximum Gasteiger partial charge on any atom is 0.209 e. The van der Waals surface area contributed by atoms with Crippen LogP contribution in [0.5, 0.6) is 0 Å². The zero-order valence-corrected chi connectivity index (χ0v) is 12.2. The largest absolute Gasteiger partial charge is 0.312 e. The molecule has 0 radical (unpaired) electrons. The van der Waals surface area contributed by atoms with E-state index < -0.39 is 15.6 Å². The van der Waals surface area contributed by atoms with Crippen molar-refractivity contribution in [2.24, 2.45) is 5.92 Å². The number of rotatable bonds is 5. The van der Waals surface area contributed by atoms with Crippen molar-refractivity contribution in [1.82, 2.24) is 10.0 Å². The van der Waals surface area contributed by atoms with E-state index in [1.54, 1.807) is 0 Å². The molecule has 1 rings (SSSR count). The van der Waals surface area contributed by atoms with E-state index in [2.05, 4.69) is 17.0 Å². The van der Waals surface area contributed by atoms with Crippen molar-refractivity contribution in [2.75, 3.05) is 12.8 Å². The fourth-order valence-electron chi connectivity index (χ4n) is 2.40. The molecular weight excluding hydrogens is 236 g/mol. The van der Waals surface area contributed by atoms with Crippen molar-refractivity contribution in [3.8, 4) is 0 Å². The number of hydrogen-bond donors (Lipinski definition) is 2. The molecule has 0 atom stereocenters. The Kier molecular flexibility index (Phi) is 4.98. The molecule has 5 heteroatoms. The molecule has 0 aliphatic heterocycles. The summed E-state index contributed by atoms with van der Waals surface area (Å²) >= 11 is 0. The van der Waals surface area contributed by atoms with E-state index in [4.69, 9.17) is 0 Å². The second-order valence-electron chi connectivity index (χ2n) is 6.10. The minimum atomic E-state index is -3.13. The van der Waals surface area contributed by atoms with Crippen LogP contribution in [0.3, 0.4) is 0 Å². The molecule has 4 nitrogen and oxygen atoms in total. The van der Waals surface area contributed by atoms with Gasteiger partial charge in [-0.25, -0.2) is 13.1 Å². The first-order chi connectivity index (χ1) is 7.68. The highest BCUT2D eigenvalue weighted by molar-refractivity contribution is 7.88. The fourth-order valence-corrected chi connectivity index (χ4v) is 3.48. The molecule has 0 aromatic rings. The quantitative estimate of drug-likeness (QED) is 0.789. The van der Waals surface area contributed by atoms with E-state index in [-0.39, 0.29) is 0 Å². The molecule has 0 spiro atoms. The van der Waals surface area contributed by atoms with Gasteiger partial charge in [0.2, 0.25) is 10.0 Å². The molecule has 1 fully saturated rings. The molecule has 0 heterocycles. The Balaban J connectivity index is 2.34. The minimum absolute atomic E-state index is 0.420. The van der Waals surface area contributed by atoms with Gasteiger partial charge in [0, 0.05) is 18.1 Å². The Hall–Kier alpha value is -0.130. The van der Waals surface area contributed by atoms with Crippen LogP contribution in [0.4, 0.5) is 0 Å². The molecule has 0 aromatic heterocycles. The van der Waals surface area contributed by atoms with Crippen LogP contribution >= 0.6 is 0 Å². The van der Waals surface area contributed by atoms with Gasteiger partial charge in [0.25, 0.3) is 0 Å². The molecular formula is C12H26N2O2S. The van der Waals surface area contributed by atoms with Crippen molar-refractivity contribution >= 4 is 10.0 Å². The van der Waals surface area contributed by atoms with Crippen molar-refractivity contribution in [3.63, 3.8) is 0 Å². The Morgan fingerprint density at radius 3 is 2.18 bits per heavy atom. The molecule has 1 aliphatic rings. The third-order valence-electron chi connectivity index (χ3n) is 3.31. The van der Waals surface area contributed by atoms with E-state index in [0.717, 1.165) is 5.92 Å². The minimum Gasteiger partial charge on any atom is -0.312 e. The van der Waals surface area contributed by atoms with Gasteiger partial charge in [-0.05, 0) is 45.4 Å². The lowest BCUT2D eigenvalue weighted by atomic mass is 9.87. The van der Waals surface area contributed by atoms with Gasteiger partial charge in [-0.1, -0.05) is 6.92 Å². The predicted molar refractivity (Wildman–Crippen MR) is 71.5 cm³/mol. The first-order valence-electron chi connectivity index (χ1n) is 6.40. The zero-order valence-electron chi connectivity index (χ0n) is 11.4. The second-order valence-corrected chi connectivity index (χ2v) is 7.84. The van der Waals surface area contributed by atoms with Crippen LogP contribution in [0.25, 0.3) is 0 Å². The first-order valence-corrected chi connectivity index (χ1v) is 8.29. The van der Waals surface area contributed by atoms with Crippen molar-refractivity contribution in [1.29, 1.82) is 0 Å². The van der Waals surface area contributed by atoms with Crippen LogP contribution in [-0.4, -0.2) is 32.8 Å². The Morgan fingerprint density at radius 1 is 1.18 bits per heavy atom. The van der Waals surface area contributed by atoms with Gasteiger partial charge in [-0.15, -0.1) is 0 Å². The van der Waals surface area contributed by atoms with E-state index in [9.17, 15) is 8.42 Å². The summed E-state index contributed by atoms with van der Waals surface area (Å²) in [6.07, 6.45) is 6.17. The Bertz CT molecular complexity index is 330. The molecule has 17 heavy (non-hydrogen) atoms. The van der Waals surface area contributed by atoms with Crippen LogP contribution in [0, 0.1) is 5.92 Å². The van der Waals surface area contributed by atoms with Gasteiger partial charge in [-0.3, -0.25) is 0 Å². The van der Waals surface area contributed by atoms with Gasteiger partial charge in [0.1, 0.15) is 0 Å². The summed E-state index contributed by atoms with van der Waals surface area (Å²) in [5, 5.41) is 3.48. The van der Waals surface area contributed by atoms with Gasteiger partial charge < -0.3 is 5.32 Å². The highest BCUT2D eigenvalue weighted by Crippen LogP contribution is 2.23.